The van der Waals surface area contributed by atoms with Gasteiger partial charge in [0, 0.05) is 31.4 Å². The summed E-state index contributed by atoms with van der Waals surface area (Å²) >= 11 is 0. The molecular formula is C28H26FN5O5. The molecule has 1 unspecified atom stereocenters. The predicted molar refractivity (Wildman–Crippen MR) is 138 cm³/mol. The van der Waals surface area contributed by atoms with Crippen LogP contribution in [0.25, 0.3) is 0 Å². The number of carbonyl (C=O) groups is 3. The number of halogens is 1. The van der Waals surface area contributed by atoms with Crippen LogP contribution in [0.15, 0.2) is 60.8 Å². The molecule has 0 saturated carbocycles. The van der Waals surface area contributed by atoms with E-state index in [-0.39, 0.29) is 19.0 Å². The second-order valence-electron chi connectivity index (χ2n) is 9.71. The lowest BCUT2D eigenvalue weighted by atomic mass is 9.89. The van der Waals surface area contributed by atoms with E-state index in [1.165, 1.54) is 29.2 Å². The molecule has 3 aliphatic rings. The first kappa shape index (κ1) is 24.8. The van der Waals surface area contributed by atoms with Crippen molar-refractivity contribution in [1.29, 1.82) is 0 Å². The van der Waals surface area contributed by atoms with Crippen LogP contribution in [0, 0.1) is 5.82 Å². The molecular weight excluding hydrogens is 505 g/mol. The highest BCUT2D eigenvalue weighted by Gasteiger charge is 2.50. The van der Waals surface area contributed by atoms with Crippen LogP contribution in [0.2, 0.25) is 0 Å². The molecule has 2 N–H and O–H groups in total. The van der Waals surface area contributed by atoms with Gasteiger partial charge in [0.15, 0.2) is 5.54 Å². The zero-order chi connectivity index (χ0) is 27.0. The maximum absolute atomic E-state index is 13.6. The van der Waals surface area contributed by atoms with Crippen LogP contribution in [-0.4, -0.2) is 60.6 Å². The van der Waals surface area contributed by atoms with E-state index in [9.17, 15) is 18.8 Å². The third-order valence-electron chi connectivity index (χ3n) is 7.21. The summed E-state index contributed by atoms with van der Waals surface area (Å²) in [4.78, 5) is 46.4. The number of anilines is 1. The van der Waals surface area contributed by atoms with E-state index in [4.69, 9.17) is 9.47 Å². The lowest BCUT2D eigenvalue weighted by molar-refractivity contribution is -0.124. The largest absolute Gasteiger partial charge is 0.489 e. The number of nitrogens with zero attached hydrogens (tertiary/aromatic N) is 3. The molecule has 0 aliphatic carbocycles. The quantitative estimate of drug-likeness (QED) is 0.450. The Morgan fingerprint density at radius 1 is 1.03 bits per heavy atom. The number of benzene rings is 2. The molecule has 4 heterocycles. The van der Waals surface area contributed by atoms with Gasteiger partial charge in [0.2, 0.25) is 0 Å². The zero-order valence-electron chi connectivity index (χ0n) is 21.0. The lowest BCUT2D eigenvalue weighted by Gasteiger charge is -2.31. The third kappa shape index (κ3) is 4.76. The maximum atomic E-state index is 13.6. The van der Waals surface area contributed by atoms with Gasteiger partial charge in [0.1, 0.15) is 24.0 Å². The number of hydrogen-bond donors (Lipinski definition) is 2. The Morgan fingerprint density at radius 2 is 1.82 bits per heavy atom. The van der Waals surface area contributed by atoms with Gasteiger partial charge < -0.3 is 24.6 Å². The molecule has 4 amide bonds. The van der Waals surface area contributed by atoms with Gasteiger partial charge in [0.25, 0.3) is 11.8 Å². The van der Waals surface area contributed by atoms with Crippen LogP contribution < -0.4 is 20.3 Å². The molecule has 6 rings (SSSR count). The molecule has 3 aromatic rings. The number of fused-ring (bicyclic) bond motifs is 1. The second-order valence-corrected chi connectivity index (χ2v) is 9.71. The number of pyridine rings is 1. The van der Waals surface area contributed by atoms with E-state index in [2.05, 4.69) is 20.5 Å². The summed E-state index contributed by atoms with van der Waals surface area (Å²) in [5, 5.41) is 4.89. The van der Waals surface area contributed by atoms with Crippen molar-refractivity contribution in [2.75, 3.05) is 37.7 Å². The summed E-state index contributed by atoms with van der Waals surface area (Å²) in [6.07, 6.45) is 1.76. The molecule has 3 aliphatic heterocycles. The summed E-state index contributed by atoms with van der Waals surface area (Å²) in [7, 11) is 0. The number of rotatable bonds is 7. The number of ether oxygens (including phenoxy) is 2. The predicted octanol–water partition coefficient (Wildman–Crippen LogP) is 2.33. The highest BCUT2D eigenvalue weighted by molar-refractivity contribution is 6.08. The van der Waals surface area contributed by atoms with E-state index in [1.807, 2.05) is 18.2 Å². The van der Waals surface area contributed by atoms with Crippen LogP contribution >= 0.6 is 0 Å². The van der Waals surface area contributed by atoms with E-state index in [0.29, 0.717) is 36.7 Å². The zero-order valence-corrected chi connectivity index (χ0v) is 21.0. The highest BCUT2D eigenvalue weighted by Crippen LogP contribution is 2.33. The van der Waals surface area contributed by atoms with Crippen LogP contribution in [0.5, 0.6) is 5.75 Å². The number of hydrogen-bond acceptors (Lipinski definition) is 7. The maximum Gasteiger partial charge on any atom is 0.322 e. The molecule has 0 bridgehead atoms. The molecule has 200 valence electrons. The van der Waals surface area contributed by atoms with Gasteiger partial charge in [0.05, 0.1) is 19.8 Å². The minimum Gasteiger partial charge on any atom is -0.489 e. The van der Waals surface area contributed by atoms with E-state index in [0.717, 1.165) is 30.0 Å². The van der Waals surface area contributed by atoms with Gasteiger partial charge in [-0.3, -0.25) is 14.9 Å². The molecule has 2 saturated heterocycles. The van der Waals surface area contributed by atoms with Crippen molar-refractivity contribution in [3.8, 4) is 5.75 Å². The fraction of sp³-hybridized carbons (Fsp3) is 0.286. The van der Waals surface area contributed by atoms with Gasteiger partial charge in [-0.2, -0.15) is 0 Å². The number of carbonyl (C=O) groups excluding carboxylic acids is 3. The standard InChI is InChI=1S/C28H26FN5O5/c29-21-3-1-20(2-4-21)28(26(36)31-27(37)32-28)17-34-15-19-14-22(5-6-23(19)25(34)35)39-16-18-7-8-30-24(13-18)33-9-11-38-12-10-33/h1-8,13-14H,9-12,15-17H2,(H2,31,32,36,37). The monoisotopic (exact) mass is 531 g/mol. The summed E-state index contributed by atoms with van der Waals surface area (Å²) in [5.41, 5.74) is 1.07. The highest BCUT2D eigenvalue weighted by atomic mass is 19.1. The van der Waals surface area contributed by atoms with Crippen LogP contribution in [0.4, 0.5) is 15.0 Å². The average molecular weight is 532 g/mol. The topological polar surface area (TPSA) is 113 Å². The summed E-state index contributed by atoms with van der Waals surface area (Å²) in [6, 6.07) is 13.8. The first-order chi connectivity index (χ1) is 18.9. The number of amides is 4. The Kier molecular flexibility index (Phi) is 6.35. The van der Waals surface area contributed by atoms with Gasteiger partial charge in [-0.15, -0.1) is 0 Å². The third-order valence-corrected chi connectivity index (χ3v) is 7.21. The molecule has 0 spiro atoms. The van der Waals surface area contributed by atoms with Crippen molar-refractivity contribution < 1.29 is 28.2 Å². The number of nitrogens with one attached hydrogen (secondary N) is 2. The minimum atomic E-state index is -1.53. The fourth-order valence-corrected chi connectivity index (χ4v) is 5.18. The van der Waals surface area contributed by atoms with Crippen LogP contribution in [0.1, 0.15) is 27.0 Å². The molecule has 2 fully saturated rings. The molecule has 0 radical (unpaired) electrons. The van der Waals surface area contributed by atoms with Gasteiger partial charge in [-0.05, 0) is 59.2 Å². The van der Waals surface area contributed by atoms with E-state index in [1.54, 1.807) is 18.3 Å². The molecule has 10 nitrogen and oxygen atoms in total. The Bertz CT molecular complexity index is 1440. The molecule has 1 atom stereocenters. The number of imide groups is 1. The van der Waals surface area contributed by atoms with Crippen molar-refractivity contribution in [2.24, 2.45) is 0 Å². The normalized spacial score (nSPS) is 20.6. The SMILES string of the molecule is O=C1NC(=O)C(CN2Cc3cc(OCc4ccnc(N5CCOCC5)c4)ccc3C2=O)(c2ccc(F)cc2)N1. The molecule has 39 heavy (non-hydrogen) atoms. The van der Waals surface area contributed by atoms with Crippen LogP contribution in [-0.2, 0) is 28.2 Å². The molecule has 2 aromatic carbocycles. The summed E-state index contributed by atoms with van der Waals surface area (Å²) in [5.74, 6) is 0.151. The Morgan fingerprint density at radius 3 is 2.56 bits per heavy atom. The summed E-state index contributed by atoms with van der Waals surface area (Å²) < 4.78 is 25.0. The smallest absolute Gasteiger partial charge is 0.322 e. The van der Waals surface area contributed by atoms with Gasteiger partial charge >= 0.3 is 6.03 Å². The number of aromatic nitrogens is 1. The van der Waals surface area contributed by atoms with Crippen molar-refractivity contribution in [3.05, 3.63) is 88.9 Å². The summed E-state index contributed by atoms with van der Waals surface area (Å²) in [6.45, 7) is 3.39. The fourth-order valence-electron chi connectivity index (χ4n) is 5.18. The lowest BCUT2D eigenvalue weighted by Crippen LogP contribution is -2.52. The van der Waals surface area contributed by atoms with Gasteiger partial charge in [-0.25, -0.2) is 14.2 Å². The van der Waals surface area contributed by atoms with Crippen molar-refractivity contribution in [3.63, 3.8) is 0 Å². The van der Waals surface area contributed by atoms with Crippen LogP contribution in [0.3, 0.4) is 0 Å². The first-order valence-electron chi connectivity index (χ1n) is 12.6. The number of morpholine rings is 1. The molecule has 11 heteroatoms. The Labute approximate surface area is 223 Å². The molecule has 1 aromatic heterocycles. The van der Waals surface area contributed by atoms with Crippen molar-refractivity contribution in [2.45, 2.75) is 18.7 Å². The van der Waals surface area contributed by atoms with Gasteiger partial charge in [-0.1, -0.05) is 12.1 Å². The second kappa shape index (κ2) is 9.99. The Hall–Kier alpha value is -4.51. The average Bonchev–Trinajstić information content (AvgIpc) is 3.42. The van der Waals surface area contributed by atoms with E-state index < -0.39 is 23.3 Å². The van der Waals surface area contributed by atoms with E-state index >= 15 is 0 Å². The van der Waals surface area contributed by atoms with Crippen molar-refractivity contribution >= 4 is 23.7 Å². The first-order valence-corrected chi connectivity index (χ1v) is 12.6. The Balaban J connectivity index is 1.17. The minimum absolute atomic E-state index is 0.110. The number of urea groups is 1. The van der Waals surface area contributed by atoms with Crippen molar-refractivity contribution in [1.82, 2.24) is 20.5 Å².